The van der Waals surface area contributed by atoms with Gasteiger partial charge in [-0.25, -0.2) is 9.29 Å². The second-order valence-electron chi connectivity index (χ2n) is 7.03. The average Bonchev–Trinajstić information content (AvgIpc) is 3.19. The number of fused-ring (bicyclic) bond motifs is 1. The number of carbonyl (C=O) groups is 3. The summed E-state index contributed by atoms with van der Waals surface area (Å²) in [4.78, 5) is 38.8. The minimum atomic E-state index is -1.01. The molecule has 2 aromatic carbocycles. The Kier molecular flexibility index (Phi) is 4.57. The molecule has 2 aliphatic rings. The molecule has 9 heteroatoms. The van der Waals surface area contributed by atoms with Gasteiger partial charge >= 0.3 is 0 Å². The zero-order valence-corrected chi connectivity index (χ0v) is 15.8. The van der Waals surface area contributed by atoms with Crippen LogP contribution in [0.3, 0.4) is 0 Å². The summed E-state index contributed by atoms with van der Waals surface area (Å²) in [5, 5.41) is 11.7. The number of benzene rings is 2. The maximum Gasteiger partial charge on any atom is 0.263 e. The number of anilines is 2. The lowest BCUT2D eigenvalue weighted by molar-refractivity contribution is -0.123. The van der Waals surface area contributed by atoms with Crippen molar-refractivity contribution in [2.24, 2.45) is 10.3 Å². The lowest BCUT2D eigenvalue weighted by Gasteiger charge is -2.20. The van der Waals surface area contributed by atoms with Crippen LogP contribution in [-0.2, 0) is 14.4 Å². The number of rotatable bonds is 4. The summed E-state index contributed by atoms with van der Waals surface area (Å²) in [6.07, 6.45) is 0. The van der Waals surface area contributed by atoms with E-state index < -0.39 is 29.7 Å². The zero-order valence-electron chi connectivity index (χ0n) is 15.8. The third kappa shape index (κ3) is 3.35. The van der Waals surface area contributed by atoms with Gasteiger partial charge in [0.2, 0.25) is 5.91 Å². The van der Waals surface area contributed by atoms with E-state index in [1.165, 1.54) is 29.3 Å². The summed E-state index contributed by atoms with van der Waals surface area (Å²) in [7, 11) is 0. The molecule has 29 heavy (non-hydrogen) atoms. The molecule has 1 saturated heterocycles. The van der Waals surface area contributed by atoms with Gasteiger partial charge < -0.3 is 5.32 Å². The van der Waals surface area contributed by atoms with E-state index in [4.69, 9.17) is 0 Å². The highest BCUT2D eigenvalue weighted by Crippen LogP contribution is 2.31. The summed E-state index contributed by atoms with van der Waals surface area (Å²) in [5.74, 6) is -1.95. The van der Waals surface area contributed by atoms with E-state index in [-0.39, 0.29) is 18.1 Å². The van der Waals surface area contributed by atoms with Crippen LogP contribution in [-0.4, -0.2) is 41.4 Å². The first-order valence-electron chi connectivity index (χ1n) is 9.03. The molecule has 2 atom stereocenters. The Balaban J connectivity index is 1.48. The van der Waals surface area contributed by atoms with Gasteiger partial charge in [0.15, 0.2) is 12.1 Å². The van der Waals surface area contributed by atoms with Crippen LogP contribution < -0.4 is 10.2 Å². The van der Waals surface area contributed by atoms with Crippen molar-refractivity contribution in [2.75, 3.05) is 16.8 Å². The van der Waals surface area contributed by atoms with Gasteiger partial charge in [0.25, 0.3) is 11.8 Å². The minimum Gasteiger partial charge on any atom is -0.324 e. The molecule has 0 spiro atoms. The van der Waals surface area contributed by atoms with E-state index in [1.807, 2.05) is 26.0 Å². The average molecular weight is 395 g/mol. The van der Waals surface area contributed by atoms with Gasteiger partial charge in [-0.15, -0.1) is 0 Å². The molecule has 1 fully saturated rings. The molecule has 4 rings (SSSR count). The Hall–Kier alpha value is -3.62. The van der Waals surface area contributed by atoms with Crippen LogP contribution >= 0.6 is 0 Å². The van der Waals surface area contributed by atoms with Crippen molar-refractivity contribution >= 4 is 29.1 Å². The second kappa shape index (κ2) is 7.08. The fourth-order valence-corrected chi connectivity index (χ4v) is 3.37. The van der Waals surface area contributed by atoms with E-state index in [2.05, 4.69) is 15.7 Å². The quantitative estimate of drug-likeness (QED) is 0.804. The van der Waals surface area contributed by atoms with Gasteiger partial charge in [-0.05, 0) is 61.4 Å². The van der Waals surface area contributed by atoms with E-state index in [0.717, 1.165) is 16.0 Å². The molecule has 0 aliphatic carbocycles. The first-order valence-corrected chi connectivity index (χ1v) is 9.03. The zero-order chi connectivity index (χ0) is 20.7. The normalized spacial score (nSPS) is 20.4. The van der Waals surface area contributed by atoms with E-state index in [1.54, 1.807) is 6.07 Å². The number of carbonyl (C=O) groups excluding carboxylic acids is 3. The van der Waals surface area contributed by atoms with Crippen LogP contribution in [0.2, 0.25) is 0 Å². The third-order valence-corrected chi connectivity index (χ3v) is 5.04. The summed E-state index contributed by atoms with van der Waals surface area (Å²) in [6.45, 7) is 3.69. The van der Waals surface area contributed by atoms with Crippen molar-refractivity contribution < 1.29 is 18.8 Å². The van der Waals surface area contributed by atoms with Crippen molar-refractivity contribution in [3.05, 3.63) is 59.4 Å². The van der Waals surface area contributed by atoms with Crippen molar-refractivity contribution in [1.82, 2.24) is 5.01 Å². The fraction of sp³-hybridized carbons (Fsp3) is 0.250. The molecular weight excluding hydrogens is 377 g/mol. The number of hydrogen-bond donors (Lipinski definition) is 1. The lowest BCUT2D eigenvalue weighted by Crippen LogP contribution is -2.43. The minimum absolute atomic E-state index is 0.228. The summed E-state index contributed by atoms with van der Waals surface area (Å²) in [6, 6.07) is 8.56. The molecule has 148 valence electrons. The summed E-state index contributed by atoms with van der Waals surface area (Å²) >= 11 is 0. The highest BCUT2D eigenvalue weighted by molar-refractivity contribution is 6.25. The molecule has 2 unspecified atom stereocenters. The highest BCUT2D eigenvalue weighted by atomic mass is 19.1. The SMILES string of the molecule is Cc1ccc(NC(=O)CN2N=NC3C(=O)N(c4ccc(F)cc4)C(=O)C32)cc1C. The molecule has 2 aromatic rings. The second-order valence-corrected chi connectivity index (χ2v) is 7.03. The third-order valence-electron chi connectivity index (χ3n) is 5.04. The molecule has 3 amide bonds. The molecule has 1 N–H and O–H groups in total. The van der Waals surface area contributed by atoms with Crippen molar-refractivity contribution in [3.8, 4) is 0 Å². The van der Waals surface area contributed by atoms with Gasteiger partial charge in [-0.3, -0.25) is 19.4 Å². The van der Waals surface area contributed by atoms with Crippen LogP contribution in [0.5, 0.6) is 0 Å². The molecule has 0 saturated carbocycles. The fourth-order valence-electron chi connectivity index (χ4n) is 3.37. The summed E-state index contributed by atoms with van der Waals surface area (Å²) in [5.41, 5.74) is 3.03. The molecule has 8 nitrogen and oxygen atoms in total. The van der Waals surface area contributed by atoms with Crippen LogP contribution in [0, 0.1) is 19.7 Å². The Bertz CT molecular complexity index is 1040. The summed E-state index contributed by atoms with van der Waals surface area (Å²) < 4.78 is 13.2. The number of aryl methyl sites for hydroxylation is 2. The number of amides is 3. The molecule has 0 bridgehead atoms. The van der Waals surface area contributed by atoms with E-state index >= 15 is 0 Å². The van der Waals surface area contributed by atoms with E-state index in [9.17, 15) is 18.8 Å². The topological polar surface area (TPSA) is 94.4 Å². The van der Waals surface area contributed by atoms with Gasteiger partial charge in [0.1, 0.15) is 12.4 Å². The highest BCUT2D eigenvalue weighted by Gasteiger charge is 2.55. The standard InChI is InChI=1S/C20H18FN5O3/c1-11-3-6-14(9-12(11)2)22-16(27)10-25-18-17(23-24-25)19(28)26(20(18)29)15-7-4-13(21)5-8-15/h3-9,17-18H,10H2,1-2H3,(H,22,27). The van der Waals surface area contributed by atoms with Crippen LogP contribution in [0.1, 0.15) is 11.1 Å². The van der Waals surface area contributed by atoms with Gasteiger partial charge in [0.05, 0.1) is 5.69 Å². The van der Waals surface area contributed by atoms with Crippen molar-refractivity contribution in [1.29, 1.82) is 0 Å². The van der Waals surface area contributed by atoms with Crippen LogP contribution in [0.4, 0.5) is 15.8 Å². The largest absolute Gasteiger partial charge is 0.324 e. The van der Waals surface area contributed by atoms with Crippen LogP contribution in [0.25, 0.3) is 0 Å². The van der Waals surface area contributed by atoms with Gasteiger partial charge in [-0.2, -0.15) is 5.11 Å². The van der Waals surface area contributed by atoms with E-state index in [0.29, 0.717) is 5.69 Å². The Morgan fingerprint density at radius 2 is 1.79 bits per heavy atom. The molecular formula is C20H18FN5O3. The van der Waals surface area contributed by atoms with Crippen molar-refractivity contribution in [3.63, 3.8) is 0 Å². The number of hydrogen-bond acceptors (Lipinski definition) is 6. The number of nitrogens with zero attached hydrogens (tertiary/aromatic N) is 4. The predicted molar refractivity (Wildman–Crippen MR) is 103 cm³/mol. The van der Waals surface area contributed by atoms with Crippen molar-refractivity contribution in [2.45, 2.75) is 25.9 Å². The predicted octanol–water partition coefficient (Wildman–Crippen LogP) is 2.37. The van der Waals surface area contributed by atoms with Gasteiger partial charge in [-0.1, -0.05) is 11.3 Å². The first kappa shape index (κ1) is 18.7. The Morgan fingerprint density at radius 1 is 1.07 bits per heavy atom. The Labute approximate surface area is 166 Å². The number of imide groups is 1. The molecule has 0 radical (unpaired) electrons. The lowest BCUT2D eigenvalue weighted by atomic mass is 10.1. The Morgan fingerprint density at radius 3 is 2.48 bits per heavy atom. The number of halogens is 1. The first-order chi connectivity index (χ1) is 13.8. The molecule has 2 aliphatic heterocycles. The van der Waals surface area contributed by atoms with Gasteiger partial charge in [0, 0.05) is 5.69 Å². The maximum absolute atomic E-state index is 13.2. The smallest absolute Gasteiger partial charge is 0.263 e. The maximum atomic E-state index is 13.2. The monoisotopic (exact) mass is 395 g/mol. The number of nitrogens with one attached hydrogen (secondary N) is 1. The molecule has 2 heterocycles. The van der Waals surface area contributed by atoms with Crippen LogP contribution in [0.15, 0.2) is 52.8 Å². The molecule has 0 aromatic heterocycles.